The Bertz CT molecular complexity index is 527. The molecule has 4 nitrogen and oxygen atoms in total. The number of nitrogens with zero attached hydrogens (tertiary/aromatic N) is 2. The molecular weight excluding hydrogens is 238 g/mol. The van der Waals surface area contributed by atoms with Gasteiger partial charge in [0.25, 0.3) is 0 Å². The zero-order valence-electron chi connectivity index (χ0n) is 11.2. The van der Waals surface area contributed by atoms with Crippen molar-refractivity contribution in [3.05, 3.63) is 41.7 Å². The number of aromatic nitrogens is 1. The first-order valence-corrected chi connectivity index (χ1v) is 6.77. The molecule has 1 aromatic heterocycles. The summed E-state index contributed by atoms with van der Waals surface area (Å²) in [6.45, 7) is 7.18. The second kappa shape index (κ2) is 5.55. The van der Waals surface area contributed by atoms with Crippen LogP contribution in [0.1, 0.15) is 11.3 Å². The zero-order valence-corrected chi connectivity index (χ0v) is 11.2. The molecule has 1 N–H and O–H groups in total. The van der Waals surface area contributed by atoms with Crippen molar-refractivity contribution in [3.8, 4) is 11.3 Å². The Morgan fingerprint density at radius 2 is 1.95 bits per heavy atom. The maximum absolute atomic E-state index is 5.44. The van der Waals surface area contributed by atoms with E-state index in [-0.39, 0.29) is 0 Å². The van der Waals surface area contributed by atoms with Gasteiger partial charge in [0, 0.05) is 37.8 Å². The molecule has 100 valence electrons. The van der Waals surface area contributed by atoms with E-state index < -0.39 is 0 Å². The van der Waals surface area contributed by atoms with Crippen LogP contribution < -0.4 is 5.32 Å². The third kappa shape index (κ3) is 3.03. The fourth-order valence-corrected chi connectivity index (χ4v) is 2.34. The topological polar surface area (TPSA) is 41.3 Å². The maximum Gasteiger partial charge on any atom is 0.151 e. The molecule has 0 radical (unpaired) electrons. The van der Waals surface area contributed by atoms with Crippen LogP contribution in [0.3, 0.4) is 0 Å². The van der Waals surface area contributed by atoms with Gasteiger partial charge in [0.15, 0.2) is 5.76 Å². The van der Waals surface area contributed by atoms with Crippen LogP contribution >= 0.6 is 0 Å². The molecule has 0 unspecified atom stereocenters. The van der Waals surface area contributed by atoms with E-state index in [4.69, 9.17) is 4.52 Å². The molecular formula is C15H19N3O. The van der Waals surface area contributed by atoms with E-state index in [9.17, 15) is 0 Å². The summed E-state index contributed by atoms with van der Waals surface area (Å²) in [7, 11) is 0. The van der Waals surface area contributed by atoms with Crippen molar-refractivity contribution in [1.29, 1.82) is 0 Å². The number of nitrogens with one attached hydrogen (secondary N) is 1. The monoisotopic (exact) mass is 257 g/mol. The number of hydrogen-bond acceptors (Lipinski definition) is 4. The highest BCUT2D eigenvalue weighted by Crippen LogP contribution is 2.20. The van der Waals surface area contributed by atoms with Crippen LogP contribution in [0.5, 0.6) is 0 Å². The Morgan fingerprint density at radius 3 is 2.68 bits per heavy atom. The molecule has 0 spiro atoms. The van der Waals surface area contributed by atoms with Crippen molar-refractivity contribution < 1.29 is 4.52 Å². The molecule has 1 saturated heterocycles. The van der Waals surface area contributed by atoms with Gasteiger partial charge < -0.3 is 9.84 Å². The zero-order chi connectivity index (χ0) is 13.1. The summed E-state index contributed by atoms with van der Waals surface area (Å²) < 4.78 is 5.44. The van der Waals surface area contributed by atoms with Crippen molar-refractivity contribution in [2.45, 2.75) is 13.5 Å². The van der Waals surface area contributed by atoms with Crippen LogP contribution in [0.4, 0.5) is 0 Å². The lowest BCUT2D eigenvalue weighted by atomic mass is 10.1. The summed E-state index contributed by atoms with van der Waals surface area (Å²) in [4.78, 5) is 2.38. The molecule has 2 heterocycles. The van der Waals surface area contributed by atoms with Gasteiger partial charge >= 0.3 is 0 Å². The van der Waals surface area contributed by atoms with Crippen molar-refractivity contribution in [2.75, 3.05) is 26.2 Å². The van der Waals surface area contributed by atoms with E-state index in [1.54, 1.807) is 0 Å². The van der Waals surface area contributed by atoms with Crippen LogP contribution in [0.15, 0.2) is 34.9 Å². The van der Waals surface area contributed by atoms with Gasteiger partial charge in [-0.15, -0.1) is 0 Å². The summed E-state index contributed by atoms with van der Waals surface area (Å²) in [5, 5.41) is 7.51. The normalized spacial score (nSPS) is 16.7. The predicted molar refractivity (Wildman–Crippen MR) is 74.8 cm³/mol. The van der Waals surface area contributed by atoms with Crippen molar-refractivity contribution in [2.24, 2.45) is 0 Å². The van der Waals surface area contributed by atoms with Crippen LogP contribution in [0, 0.1) is 6.92 Å². The standard InChI is InChI=1S/C15H19N3O/c1-12-2-4-13(5-3-12)15-10-14(19-17-15)11-18-8-6-16-7-9-18/h2-5,10,16H,6-9,11H2,1H3. The summed E-state index contributed by atoms with van der Waals surface area (Å²) in [5.74, 6) is 0.942. The molecule has 3 rings (SSSR count). The Hall–Kier alpha value is -1.65. The Balaban J connectivity index is 1.70. The van der Waals surface area contributed by atoms with E-state index in [0.29, 0.717) is 0 Å². The molecule has 19 heavy (non-hydrogen) atoms. The molecule has 0 saturated carbocycles. The van der Waals surface area contributed by atoms with E-state index in [1.165, 1.54) is 5.56 Å². The van der Waals surface area contributed by atoms with Gasteiger partial charge in [-0.1, -0.05) is 35.0 Å². The lowest BCUT2D eigenvalue weighted by molar-refractivity contribution is 0.207. The third-order valence-corrected chi connectivity index (χ3v) is 3.50. The first-order valence-electron chi connectivity index (χ1n) is 6.77. The van der Waals surface area contributed by atoms with Crippen LogP contribution in [0.2, 0.25) is 0 Å². The highest BCUT2D eigenvalue weighted by Gasteiger charge is 2.13. The fraction of sp³-hybridized carbons (Fsp3) is 0.400. The largest absolute Gasteiger partial charge is 0.359 e. The molecule has 1 aliphatic heterocycles. The number of aryl methyl sites for hydroxylation is 1. The van der Waals surface area contributed by atoms with Gasteiger partial charge in [-0.25, -0.2) is 0 Å². The second-order valence-electron chi connectivity index (χ2n) is 5.07. The molecule has 0 aliphatic carbocycles. The van der Waals surface area contributed by atoms with Crippen molar-refractivity contribution in [3.63, 3.8) is 0 Å². The van der Waals surface area contributed by atoms with Gasteiger partial charge in [-0.3, -0.25) is 4.90 Å². The summed E-state index contributed by atoms with van der Waals surface area (Å²) in [5.41, 5.74) is 3.29. The molecule has 1 aliphatic rings. The van der Waals surface area contributed by atoms with Gasteiger partial charge in [0.05, 0.1) is 6.54 Å². The molecule has 1 aromatic carbocycles. The molecule has 2 aromatic rings. The smallest absolute Gasteiger partial charge is 0.151 e. The minimum atomic E-state index is 0.848. The van der Waals surface area contributed by atoms with E-state index >= 15 is 0 Å². The number of hydrogen-bond donors (Lipinski definition) is 1. The average molecular weight is 257 g/mol. The Kier molecular flexibility index (Phi) is 3.62. The number of benzene rings is 1. The van der Waals surface area contributed by atoms with Gasteiger partial charge in [0.1, 0.15) is 5.69 Å². The lowest BCUT2D eigenvalue weighted by Crippen LogP contribution is -2.42. The number of rotatable bonds is 3. The summed E-state index contributed by atoms with van der Waals surface area (Å²) >= 11 is 0. The second-order valence-corrected chi connectivity index (χ2v) is 5.07. The van der Waals surface area contributed by atoms with E-state index in [0.717, 1.165) is 49.7 Å². The highest BCUT2D eigenvalue weighted by atomic mass is 16.5. The van der Waals surface area contributed by atoms with Gasteiger partial charge in [-0.05, 0) is 6.92 Å². The molecule has 0 bridgehead atoms. The Morgan fingerprint density at radius 1 is 1.21 bits per heavy atom. The maximum atomic E-state index is 5.44. The average Bonchev–Trinajstić information content (AvgIpc) is 2.89. The van der Waals surface area contributed by atoms with Crippen LogP contribution in [-0.4, -0.2) is 36.2 Å². The number of piperazine rings is 1. The molecule has 0 amide bonds. The third-order valence-electron chi connectivity index (χ3n) is 3.50. The van der Waals surface area contributed by atoms with Crippen molar-refractivity contribution >= 4 is 0 Å². The summed E-state index contributed by atoms with van der Waals surface area (Å²) in [6.07, 6.45) is 0. The van der Waals surface area contributed by atoms with E-state index in [1.807, 2.05) is 6.07 Å². The fourth-order valence-electron chi connectivity index (χ4n) is 2.34. The Labute approximate surface area is 113 Å². The molecule has 0 atom stereocenters. The van der Waals surface area contributed by atoms with Gasteiger partial charge in [-0.2, -0.15) is 0 Å². The summed E-state index contributed by atoms with van der Waals surface area (Å²) in [6, 6.07) is 10.4. The molecule has 1 fully saturated rings. The molecule has 4 heteroatoms. The first-order chi connectivity index (χ1) is 9.31. The lowest BCUT2D eigenvalue weighted by Gasteiger charge is -2.25. The quantitative estimate of drug-likeness (QED) is 0.913. The SMILES string of the molecule is Cc1ccc(-c2cc(CN3CCNCC3)on2)cc1. The minimum absolute atomic E-state index is 0.848. The van der Waals surface area contributed by atoms with Gasteiger partial charge in [0.2, 0.25) is 0 Å². The minimum Gasteiger partial charge on any atom is -0.359 e. The van der Waals surface area contributed by atoms with Crippen LogP contribution in [0.25, 0.3) is 11.3 Å². The van der Waals surface area contributed by atoms with E-state index in [2.05, 4.69) is 46.6 Å². The predicted octanol–water partition coefficient (Wildman–Crippen LogP) is 2.06. The van der Waals surface area contributed by atoms with Crippen LogP contribution in [-0.2, 0) is 6.54 Å². The highest BCUT2D eigenvalue weighted by molar-refractivity contribution is 5.59. The first kappa shape index (κ1) is 12.4. The van der Waals surface area contributed by atoms with Crippen molar-refractivity contribution in [1.82, 2.24) is 15.4 Å².